The van der Waals surface area contributed by atoms with Crippen molar-refractivity contribution in [1.82, 2.24) is 29.0 Å². The van der Waals surface area contributed by atoms with Gasteiger partial charge in [-0.1, -0.05) is 0 Å². The van der Waals surface area contributed by atoms with E-state index in [2.05, 4.69) is 44.4 Å². The van der Waals surface area contributed by atoms with Crippen LogP contribution in [0.1, 0.15) is 19.7 Å². The fraction of sp³-hybridized carbons (Fsp3) is 0.471. The van der Waals surface area contributed by atoms with Crippen molar-refractivity contribution < 1.29 is 0 Å². The van der Waals surface area contributed by atoms with Crippen LogP contribution in [0.15, 0.2) is 30.7 Å². The third kappa shape index (κ3) is 2.54. The lowest BCUT2D eigenvalue weighted by Gasteiger charge is -2.37. The van der Waals surface area contributed by atoms with E-state index in [4.69, 9.17) is 4.98 Å². The molecule has 4 rings (SSSR count). The molecule has 0 radical (unpaired) electrons. The first-order valence-corrected chi connectivity index (χ1v) is 8.47. The van der Waals surface area contributed by atoms with Gasteiger partial charge in [-0.25, -0.2) is 9.97 Å². The molecule has 0 saturated carbocycles. The second kappa shape index (κ2) is 5.90. The Kier molecular flexibility index (Phi) is 3.72. The van der Waals surface area contributed by atoms with Crippen LogP contribution in [0.25, 0.3) is 11.5 Å². The van der Waals surface area contributed by atoms with Crippen molar-refractivity contribution in [3.05, 3.63) is 36.5 Å². The van der Waals surface area contributed by atoms with Gasteiger partial charge in [-0.05, 0) is 20.8 Å². The minimum absolute atomic E-state index is 0.599. The Morgan fingerprint density at radius 3 is 2.54 bits per heavy atom. The largest absolute Gasteiger partial charge is 0.354 e. The molecule has 0 aliphatic carbocycles. The van der Waals surface area contributed by atoms with Crippen LogP contribution in [0.2, 0.25) is 0 Å². The molecule has 1 aliphatic rings. The number of imidazole rings is 1. The summed E-state index contributed by atoms with van der Waals surface area (Å²) in [5, 5.41) is 4.42. The maximum Gasteiger partial charge on any atom is 0.159 e. The van der Waals surface area contributed by atoms with Gasteiger partial charge < -0.3 is 4.90 Å². The fourth-order valence-corrected chi connectivity index (χ4v) is 3.30. The number of rotatable bonds is 3. The molecule has 3 aromatic rings. The normalized spacial score (nSPS) is 16.4. The zero-order chi connectivity index (χ0) is 16.7. The minimum Gasteiger partial charge on any atom is -0.354 e. The van der Waals surface area contributed by atoms with Gasteiger partial charge in [-0.15, -0.1) is 0 Å². The Labute approximate surface area is 141 Å². The average molecular weight is 325 g/mol. The first-order chi connectivity index (χ1) is 11.6. The Morgan fingerprint density at radius 2 is 1.88 bits per heavy atom. The predicted molar refractivity (Wildman–Crippen MR) is 93.8 cm³/mol. The number of anilines is 1. The molecule has 126 valence electrons. The number of fused-ring (bicyclic) bond motifs is 1. The lowest BCUT2D eigenvalue weighted by molar-refractivity contribution is 0.209. The summed E-state index contributed by atoms with van der Waals surface area (Å²) >= 11 is 0. The summed E-state index contributed by atoms with van der Waals surface area (Å²) in [5.74, 6) is 2.92. The van der Waals surface area contributed by atoms with E-state index in [0.717, 1.165) is 49.3 Å². The van der Waals surface area contributed by atoms with Gasteiger partial charge >= 0.3 is 0 Å². The van der Waals surface area contributed by atoms with E-state index in [1.807, 2.05) is 29.9 Å². The summed E-state index contributed by atoms with van der Waals surface area (Å²) < 4.78 is 3.91. The fourth-order valence-electron chi connectivity index (χ4n) is 3.30. The van der Waals surface area contributed by atoms with E-state index >= 15 is 0 Å². The lowest BCUT2D eigenvalue weighted by atomic mass is 10.2. The molecule has 0 atom stereocenters. The van der Waals surface area contributed by atoms with Crippen molar-refractivity contribution in [2.75, 3.05) is 31.1 Å². The van der Waals surface area contributed by atoms with Crippen molar-refractivity contribution >= 4 is 11.5 Å². The van der Waals surface area contributed by atoms with Crippen LogP contribution in [0.4, 0.5) is 5.82 Å². The van der Waals surface area contributed by atoms with Gasteiger partial charge in [-0.3, -0.25) is 9.47 Å². The summed E-state index contributed by atoms with van der Waals surface area (Å²) in [6.07, 6.45) is 5.57. The molecule has 1 aliphatic heterocycles. The van der Waals surface area contributed by atoms with Crippen LogP contribution in [0, 0.1) is 6.92 Å². The summed E-state index contributed by atoms with van der Waals surface area (Å²) in [6, 6.07) is 4.66. The molecule has 7 nitrogen and oxygen atoms in total. The van der Waals surface area contributed by atoms with Gasteiger partial charge in [-0.2, -0.15) is 9.61 Å². The molecule has 0 aromatic carbocycles. The number of aromatic nitrogens is 5. The van der Waals surface area contributed by atoms with E-state index in [9.17, 15) is 0 Å². The number of piperazine rings is 1. The third-order valence-electron chi connectivity index (χ3n) is 4.77. The lowest BCUT2D eigenvalue weighted by Crippen LogP contribution is -2.49. The van der Waals surface area contributed by atoms with E-state index in [1.54, 1.807) is 6.20 Å². The smallest absolute Gasteiger partial charge is 0.159 e. The maximum absolute atomic E-state index is 4.80. The Hall–Kier alpha value is -2.41. The number of hydrogen-bond acceptors (Lipinski definition) is 5. The van der Waals surface area contributed by atoms with Crippen molar-refractivity contribution in [1.29, 1.82) is 0 Å². The first-order valence-electron chi connectivity index (χ1n) is 8.47. The molecular formula is C17H23N7. The topological polar surface area (TPSA) is 54.5 Å². The summed E-state index contributed by atoms with van der Waals surface area (Å²) in [7, 11) is 0. The second-order valence-electron chi connectivity index (χ2n) is 6.53. The molecule has 4 heterocycles. The standard InChI is InChI=1S/C17H23N7/c1-13(2)21-8-10-22(11-9-21)16-12-17(23-7-6-18-14(23)3)24-15(20-16)4-5-19-24/h4-7,12-13H,8-11H2,1-3H3. The number of hydrogen-bond donors (Lipinski definition) is 0. The Bertz CT molecular complexity index is 840. The molecule has 3 aromatic heterocycles. The quantitative estimate of drug-likeness (QED) is 0.734. The highest BCUT2D eigenvalue weighted by Gasteiger charge is 2.21. The van der Waals surface area contributed by atoms with Crippen LogP contribution in [0.5, 0.6) is 0 Å². The summed E-state index contributed by atoms with van der Waals surface area (Å²) in [6.45, 7) is 10.7. The van der Waals surface area contributed by atoms with Crippen molar-refractivity contribution in [2.24, 2.45) is 0 Å². The molecule has 0 bridgehead atoms. The molecule has 7 heteroatoms. The van der Waals surface area contributed by atoms with E-state index in [1.165, 1.54) is 0 Å². The minimum atomic E-state index is 0.599. The Morgan fingerprint density at radius 1 is 1.08 bits per heavy atom. The van der Waals surface area contributed by atoms with Crippen molar-refractivity contribution in [3.8, 4) is 5.82 Å². The average Bonchev–Trinajstić information content (AvgIpc) is 3.22. The molecule has 0 amide bonds. The highest BCUT2D eigenvalue weighted by atomic mass is 15.3. The third-order valence-corrected chi connectivity index (χ3v) is 4.77. The summed E-state index contributed by atoms with van der Waals surface area (Å²) in [4.78, 5) is 14.0. The zero-order valence-corrected chi connectivity index (χ0v) is 14.4. The number of nitrogens with zero attached hydrogens (tertiary/aromatic N) is 7. The van der Waals surface area contributed by atoms with Crippen LogP contribution in [-0.2, 0) is 0 Å². The van der Waals surface area contributed by atoms with Crippen LogP contribution in [-0.4, -0.2) is 61.3 Å². The molecule has 0 spiro atoms. The van der Waals surface area contributed by atoms with Gasteiger partial charge in [0.15, 0.2) is 5.65 Å². The maximum atomic E-state index is 4.80. The van der Waals surface area contributed by atoms with Crippen molar-refractivity contribution in [3.63, 3.8) is 0 Å². The molecular weight excluding hydrogens is 302 g/mol. The molecule has 1 fully saturated rings. The highest BCUT2D eigenvalue weighted by Crippen LogP contribution is 2.21. The SMILES string of the molecule is Cc1nccn1-c1cc(N2CCN(C(C)C)CC2)nc2ccnn12. The van der Waals surface area contributed by atoms with E-state index < -0.39 is 0 Å². The van der Waals surface area contributed by atoms with E-state index in [0.29, 0.717) is 6.04 Å². The van der Waals surface area contributed by atoms with Gasteiger partial charge in [0, 0.05) is 56.7 Å². The van der Waals surface area contributed by atoms with E-state index in [-0.39, 0.29) is 0 Å². The van der Waals surface area contributed by atoms with Gasteiger partial charge in [0.25, 0.3) is 0 Å². The van der Waals surface area contributed by atoms with Crippen molar-refractivity contribution in [2.45, 2.75) is 26.8 Å². The van der Waals surface area contributed by atoms with Gasteiger partial charge in [0.2, 0.25) is 0 Å². The summed E-state index contributed by atoms with van der Waals surface area (Å²) in [5.41, 5.74) is 0.863. The predicted octanol–water partition coefficient (Wildman–Crippen LogP) is 1.75. The number of aryl methyl sites for hydroxylation is 1. The van der Waals surface area contributed by atoms with Crippen LogP contribution < -0.4 is 4.90 Å². The molecule has 0 N–H and O–H groups in total. The highest BCUT2D eigenvalue weighted by molar-refractivity contribution is 5.54. The van der Waals surface area contributed by atoms with Gasteiger partial charge in [0.05, 0.1) is 6.20 Å². The molecule has 24 heavy (non-hydrogen) atoms. The molecule has 1 saturated heterocycles. The van der Waals surface area contributed by atoms with Gasteiger partial charge in [0.1, 0.15) is 17.5 Å². The monoisotopic (exact) mass is 325 g/mol. The Balaban J connectivity index is 1.71. The molecule has 0 unspecified atom stereocenters. The van der Waals surface area contributed by atoms with Crippen LogP contribution >= 0.6 is 0 Å². The first kappa shape index (κ1) is 15.1. The second-order valence-corrected chi connectivity index (χ2v) is 6.53. The zero-order valence-electron chi connectivity index (χ0n) is 14.4. The van der Waals surface area contributed by atoms with Crippen LogP contribution in [0.3, 0.4) is 0 Å².